The second kappa shape index (κ2) is 9.08. The van der Waals surface area contributed by atoms with Crippen LogP contribution in [0.3, 0.4) is 0 Å². The highest BCUT2D eigenvalue weighted by Gasteiger charge is 2.14. The smallest absolute Gasteiger partial charge is 0.273 e. The van der Waals surface area contributed by atoms with Crippen molar-refractivity contribution in [3.63, 3.8) is 0 Å². The summed E-state index contributed by atoms with van der Waals surface area (Å²) in [4.78, 5) is 22.5. The van der Waals surface area contributed by atoms with Crippen molar-refractivity contribution in [3.05, 3.63) is 73.2 Å². The summed E-state index contributed by atoms with van der Waals surface area (Å²) in [7, 11) is 0. The number of nitrogens with one attached hydrogen (secondary N) is 1. The molecule has 0 aromatic heterocycles. The molecule has 5 nitrogen and oxygen atoms in total. The van der Waals surface area contributed by atoms with E-state index in [1.807, 2.05) is 6.07 Å². The highest BCUT2D eigenvalue weighted by Crippen LogP contribution is 2.24. The molecule has 0 radical (unpaired) electrons. The van der Waals surface area contributed by atoms with Crippen LogP contribution in [0.15, 0.2) is 36.4 Å². The number of thioether (sulfide) groups is 1. The Bertz CT molecular complexity index is 799. The van der Waals surface area contributed by atoms with Gasteiger partial charge in [0.1, 0.15) is 0 Å². The lowest BCUT2D eigenvalue weighted by Crippen LogP contribution is -2.25. The molecule has 2 rings (SSSR count). The van der Waals surface area contributed by atoms with Gasteiger partial charge in [0.15, 0.2) is 0 Å². The van der Waals surface area contributed by atoms with Gasteiger partial charge in [-0.3, -0.25) is 14.9 Å². The Morgan fingerprint density at radius 2 is 2.00 bits per heavy atom. The predicted molar refractivity (Wildman–Crippen MR) is 103 cm³/mol. The number of rotatable bonds is 7. The van der Waals surface area contributed by atoms with Gasteiger partial charge in [-0.25, -0.2) is 0 Å². The molecule has 0 fully saturated rings. The fraction of sp³-hybridized carbons (Fsp3) is 0.235. The van der Waals surface area contributed by atoms with Crippen molar-refractivity contribution >= 4 is 46.6 Å². The average molecular weight is 399 g/mol. The lowest BCUT2D eigenvalue weighted by molar-refractivity contribution is -0.385. The van der Waals surface area contributed by atoms with Crippen LogP contribution in [0.1, 0.15) is 21.5 Å². The lowest BCUT2D eigenvalue weighted by atomic mass is 10.1. The van der Waals surface area contributed by atoms with E-state index in [1.165, 1.54) is 6.07 Å². The third kappa shape index (κ3) is 5.63. The molecule has 0 aliphatic carbocycles. The summed E-state index contributed by atoms with van der Waals surface area (Å²) in [5, 5.41) is 14.9. The summed E-state index contributed by atoms with van der Waals surface area (Å²) in [5.74, 6) is 1.08. The molecule has 0 aliphatic rings. The van der Waals surface area contributed by atoms with E-state index in [0.717, 1.165) is 5.56 Å². The second-order valence-corrected chi connectivity index (χ2v) is 7.25. The summed E-state index contributed by atoms with van der Waals surface area (Å²) in [6.07, 6.45) is 0. The maximum Gasteiger partial charge on any atom is 0.273 e. The molecule has 1 N–H and O–H groups in total. The quantitative estimate of drug-likeness (QED) is 0.410. The lowest BCUT2D eigenvalue weighted by Gasteiger charge is -2.07. The van der Waals surface area contributed by atoms with Gasteiger partial charge in [-0.05, 0) is 30.7 Å². The monoisotopic (exact) mass is 398 g/mol. The minimum atomic E-state index is -0.488. The Morgan fingerprint density at radius 3 is 2.68 bits per heavy atom. The molecule has 0 atom stereocenters. The number of amides is 1. The van der Waals surface area contributed by atoms with Gasteiger partial charge in [0.05, 0.1) is 4.92 Å². The number of aryl methyl sites for hydroxylation is 1. The zero-order valence-electron chi connectivity index (χ0n) is 13.4. The molecule has 0 saturated carbocycles. The second-order valence-electron chi connectivity index (χ2n) is 5.30. The normalized spacial score (nSPS) is 10.5. The van der Waals surface area contributed by atoms with Crippen molar-refractivity contribution in [2.45, 2.75) is 12.7 Å². The van der Waals surface area contributed by atoms with Gasteiger partial charge in [0.2, 0.25) is 0 Å². The average Bonchev–Trinajstić information content (AvgIpc) is 2.56. The summed E-state index contributed by atoms with van der Waals surface area (Å²) in [6, 6.07) is 9.82. The summed E-state index contributed by atoms with van der Waals surface area (Å²) >= 11 is 13.6. The van der Waals surface area contributed by atoms with Gasteiger partial charge in [-0.15, -0.1) is 0 Å². The fourth-order valence-corrected chi connectivity index (χ4v) is 3.52. The van der Waals surface area contributed by atoms with Crippen LogP contribution < -0.4 is 5.32 Å². The fourth-order valence-electron chi connectivity index (χ4n) is 2.11. The van der Waals surface area contributed by atoms with E-state index in [9.17, 15) is 14.9 Å². The van der Waals surface area contributed by atoms with E-state index in [-0.39, 0.29) is 17.2 Å². The molecule has 1 amide bonds. The van der Waals surface area contributed by atoms with Crippen LogP contribution in [0, 0.1) is 17.0 Å². The minimum Gasteiger partial charge on any atom is -0.351 e. The topological polar surface area (TPSA) is 72.2 Å². The molecule has 0 heterocycles. The molecular formula is C17H16Cl2N2O3S. The van der Waals surface area contributed by atoms with Crippen LogP contribution in [0.25, 0.3) is 0 Å². The van der Waals surface area contributed by atoms with Gasteiger partial charge in [-0.2, -0.15) is 11.8 Å². The standard InChI is InChI=1S/C17H16Cl2N2O3S/c1-11-2-3-12(8-16(11)21(23)24)17(22)20-6-7-25-10-13-4-5-14(18)9-15(13)19/h2-5,8-9H,6-7,10H2,1H3,(H,20,22). The van der Waals surface area contributed by atoms with Gasteiger partial charge >= 0.3 is 0 Å². The van der Waals surface area contributed by atoms with E-state index in [1.54, 1.807) is 43.0 Å². The maximum atomic E-state index is 12.1. The summed E-state index contributed by atoms with van der Waals surface area (Å²) in [5.41, 5.74) is 1.73. The van der Waals surface area contributed by atoms with Crippen molar-refractivity contribution in [1.29, 1.82) is 0 Å². The largest absolute Gasteiger partial charge is 0.351 e. The Kier molecular flexibility index (Phi) is 7.11. The van der Waals surface area contributed by atoms with E-state index >= 15 is 0 Å². The minimum absolute atomic E-state index is 0.0561. The first kappa shape index (κ1) is 19.6. The SMILES string of the molecule is Cc1ccc(C(=O)NCCSCc2ccc(Cl)cc2Cl)cc1[N+](=O)[O-]. The number of carbonyl (C=O) groups is 1. The van der Waals surface area contributed by atoms with Gasteiger partial charge in [0, 0.05) is 45.3 Å². The number of halogens is 2. The van der Waals surface area contributed by atoms with Crippen molar-refractivity contribution in [2.24, 2.45) is 0 Å². The van der Waals surface area contributed by atoms with Crippen LogP contribution in [0.4, 0.5) is 5.69 Å². The van der Waals surface area contributed by atoms with Crippen molar-refractivity contribution in [3.8, 4) is 0 Å². The van der Waals surface area contributed by atoms with E-state index in [4.69, 9.17) is 23.2 Å². The first-order chi connectivity index (χ1) is 11.9. The van der Waals surface area contributed by atoms with Crippen LogP contribution >= 0.6 is 35.0 Å². The third-order valence-corrected chi connectivity index (χ3v) is 5.07. The zero-order chi connectivity index (χ0) is 18.4. The molecule has 0 unspecified atom stereocenters. The van der Waals surface area contributed by atoms with Crippen molar-refractivity contribution < 1.29 is 9.72 Å². The number of hydrogen-bond acceptors (Lipinski definition) is 4. The van der Waals surface area contributed by atoms with Crippen LogP contribution in [-0.4, -0.2) is 23.1 Å². The third-order valence-electron chi connectivity index (χ3n) is 3.47. The number of carbonyl (C=O) groups excluding carboxylic acids is 1. The number of nitrogens with zero attached hydrogens (tertiary/aromatic N) is 1. The Balaban J connectivity index is 1.81. The first-order valence-electron chi connectivity index (χ1n) is 7.43. The number of nitro benzene ring substituents is 1. The van der Waals surface area contributed by atoms with E-state index in [0.29, 0.717) is 33.7 Å². The Morgan fingerprint density at radius 1 is 1.24 bits per heavy atom. The van der Waals surface area contributed by atoms with E-state index < -0.39 is 4.92 Å². The Hall–Kier alpha value is -1.76. The van der Waals surface area contributed by atoms with Gasteiger partial charge < -0.3 is 5.32 Å². The van der Waals surface area contributed by atoms with Crippen LogP contribution in [0.2, 0.25) is 10.0 Å². The summed E-state index contributed by atoms with van der Waals surface area (Å²) < 4.78 is 0. The highest BCUT2D eigenvalue weighted by atomic mass is 35.5. The maximum absolute atomic E-state index is 12.1. The summed E-state index contributed by atoms with van der Waals surface area (Å²) in [6.45, 7) is 2.09. The zero-order valence-corrected chi connectivity index (χ0v) is 15.7. The van der Waals surface area contributed by atoms with E-state index in [2.05, 4.69) is 5.32 Å². The number of hydrogen-bond donors (Lipinski definition) is 1. The van der Waals surface area contributed by atoms with Gasteiger partial charge in [0.25, 0.3) is 11.6 Å². The van der Waals surface area contributed by atoms with Crippen molar-refractivity contribution in [1.82, 2.24) is 5.32 Å². The molecule has 0 spiro atoms. The Labute approximate surface area is 159 Å². The van der Waals surface area contributed by atoms with Crippen LogP contribution in [-0.2, 0) is 5.75 Å². The number of benzene rings is 2. The molecule has 25 heavy (non-hydrogen) atoms. The molecule has 0 saturated heterocycles. The highest BCUT2D eigenvalue weighted by molar-refractivity contribution is 7.98. The molecule has 132 valence electrons. The van der Waals surface area contributed by atoms with Crippen molar-refractivity contribution in [2.75, 3.05) is 12.3 Å². The van der Waals surface area contributed by atoms with Crippen LogP contribution in [0.5, 0.6) is 0 Å². The van der Waals surface area contributed by atoms with Gasteiger partial charge in [-0.1, -0.05) is 35.3 Å². The molecule has 0 aliphatic heterocycles. The molecule has 2 aromatic rings. The first-order valence-corrected chi connectivity index (χ1v) is 9.34. The molecule has 2 aromatic carbocycles. The molecule has 0 bridgehead atoms. The number of nitro groups is 1. The molecular weight excluding hydrogens is 383 g/mol. The predicted octanol–water partition coefficient (Wildman–Crippen LogP) is 4.87. The molecule has 8 heteroatoms.